The van der Waals surface area contributed by atoms with Crippen LogP contribution < -0.4 is 0 Å². The summed E-state index contributed by atoms with van der Waals surface area (Å²) in [7, 11) is 1.83. The van der Waals surface area contributed by atoms with E-state index >= 15 is 0 Å². The van der Waals surface area contributed by atoms with Crippen LogP contribution in [0.1, 0.15) is 17.2 Å². The molecule has 0 N–H and O–H groups in total. The van der Waals surface area contributed by atoms with Gasteiger partial charge in [0.25, 0.3) is 0 Å². The van der Waals surface area contributed by atoms with Gasteiger partial charge in [0, 0.05) is 12.1 Å². The molecule has 96 valence electrons. The van der Waals surface area contributed by atoms with Crippen molar-refractivity contribution in [3.63, 3.8) is 0 Å². The molecule has 0 aliphatic carbocycles. The molecule has 19 heavy (non-hydrogen) atoms. The van der Waals surface area contributed by atoms with Gasteiger partial charge in [-0.3, -0.25) is 4.90 Å². The zero-order chi connectivity index (χ0) is 13.7. The number of hydrogen-bond donors (Lipinski definition) is 0. The summed E-state index contributed by atoms with van der Waals surface area (Å²) in [6, 6.07) is 17.8. The maximum atomic E-state index is 13.7. The quantitative estimate of drug-likeness (QED) is 0.834. The van der Waals surface area contributed by atoms with Crippen LogP contribution in [0.4, 0.5) is 4.39 Å². The van der Waals surface area contributed by atoms with Crippen LogP contribution in [-0.2, 0) is 6.54 Å². The van der Waals surface area contributed by atoms with E-state index < -0.39 is 6.04 Å². The van der Waals surface area contributed by atoms with Gasteiger partial charge in [-0.1, -0.05) is 48.5 Å². The highest BCUT2D eigenvalue weighted by molar-refractivity contribution is 5.26. The van der Waals surface area contributed by atoms with E-state index in [1.807, 2.05) is 42.3 Å². The van der Waals surface area contributed by atoms with Crippen molar-refractivity contribution < 1.29 is 4.39 Å². The van der Waals surface area contributed by atoms with Crippen molar-refractivity contribution in [3.05, 3.63) is 71.5 Å². The summed E-state index contributed by atoms with van der Waals surface area (Å²) in [6.45, 7) is 0.605. The maximum Gasteiger partial charge on any atom is 0.129 e. The van der Waals surface area contributed by atoms with Crippen molar-refractivity contribution >= 4 is 0 Å². The van der Waals surface area contributed by atoms with Crippen LogP contribution in [0.5, 0.6) is 0 Å². The summed E-state index contributed by atoms with van der Waals surface area (Å²) < 4.78 is 13.7. The van der Waals surface area contributed by atoms with Gasteiger partial charge in [-0.25, -0.2) is 4.39 Å². The Morgan fingerprint density at radius 3 is 2.37 bits per heavy atom. The average Bonchev–Trinajstić information content (AvgIpc) is 2.43. The molecule has 0 aliphatic rings. The van der Waals surface area contributed by atoms with E-state index in [1.54, 1.807) is 18.2 Å². The monoisotopic (exact) mass is 254 g/mol. The number of hydrogen-bond acceptors (Lipinski definition) is 2. The summed E-state index contributed by atoms with van der Waals surface area (Å²) in [5.41, 5.74) is 1.52. The van der Waals surface area contributed by atoms with Crippen LogP contribution in [-0.4, -0.2) is 11.9 Å². The lowest BCUT2D eigenvalue weighted by Crippen LogP contribution is -2.23. The highest BCUT2D eigenvalue weighted by Gasteiger charge is 2.19. The zero-order valence-corrected chi connectivity index (χ0v) is 10.8. The van der Waals surface area contributed by atoms with Crippen LogP contribution in [0.3, 0.4) is 0 Å². The molecule has 1 atom stereocenters. The van der Waals surface area contributed by atoms with E-state index in [0.717, 1.165) is 5.56 Å². The lowest BCUT2D eigenvalue weighted by atomic mass is 10.1. The van der Waals surface area contributed by atoms with E-state index in [1.165, 1.54) is 6.07 Å². The Labute approximate surface area is 112 Å². The summed E-state index contributed by atoms with van der Waals surface area (Å²) in [4.78, 5) is 1.84. The predicted molar refractivity (Wildman–Crippen MR) is 72.7 cm³/mol. The highest BCUT2D eigenvalue weighted by Crippen LogP contribution is 2.22. The van der Waals surface area contributed by atoms with E-state index in [2.05, 4.69) is 6.07 Å². The fourth-order valence-corrected chi connectivity index (χ4v) is 2.07. The third-order valence-corrected chi connectivity index (χ3v) is 3.04. The van der Waals surface area contributed by atoms with E-state index in [9.17, 15) is 9.65 Å². The molecular weight excluding hydrogens is 239 g/mol. The first-order chi connectivity index (χ1) is 9.22. The molecule has 2 aromatic carbocycles. The minimum absolute atomic E-state index is 0.339. The molecule has 0 aromatic heterocycles. The average molecular weight is 254 g/mol. The van der Waals surface area contributed by atoms with Crippen molar-refractivity contribution in [3.8, 4) is 6.07 Å². The second-order valence-corrected chi connectivity index (χ2v) is 4.45. The molecule has 2 nitrogen and oxygen atoms in total. The molecule has 1 unspecified atom stereocenters. The standard InChI is InChI=1S/C16H15FN2/c1-19(12-13-7-3-2-4-8-13)16(11-18)14-9-5-6-10-15(14)17/h2-10,16H,12H2,1H3. The molecule has 0 heterocycles. The van der Waals surface area contributed by atoms with Gasteiger partial charge in [0.05, 0.1) is 6.07 Å². The van der Waals surface area contributed by atoms with Gasteiger partial charge in [0.1, 0.15) is 11.9 Å². The van der Waals surface area contributed by atoms with E-state index in [0.29, 0.717) is 12.1 Å². The minimum atomic E-state index is -0.582. The molecule has 3 heteroatoms. The third kappa shape index (κ3) is 3.18. The van der Waals surface area contributed by atoms with Crippen molar-refractivity contribution in [2.45, 2.75) is 12.6 Å². The van der Waals surface area contributed by atoms with Crippen LogP contribution in [0.25, 0.3) is 0 Å². The van der Waals surface area contributed by atoms with Crippen LogP contribution >= 0.6 is 0 Å². The topological polar surface area (TPSA) is 27.0 Å². The summed E-state index contributed by atoms with van der Waals surface area (Å²) in [6.07, 6.45) is 0. The Kier molecular flexibility index (Phi) is 4.27. The molecule has 0 bridgehead atoms. The first-order valence-corrected chi connectivity index (χ1v) is 6.10. The summed E-state index contributed by atoms with van der Waals surface area (Å²) in [5, 5.41) is 9.29. The molecule has 0 fully saturated rings. The maximum absolute atomic E-state index is 13.7. The van der Waals surface area contributed by atoms with E-state index in [-0.39, 0.29) is 5.82 Å². The Bertz CT molecular complexity index is 575. The molecule has 0 amide bonds. The van der Waals surface area contributed by atoms with Crippen molar-refractivity contribution in [2.75, 3.05) is 7.05 Å². The molecule has 0 saturated carbocycles. The van der Waals surface area contributed by atoms with Crippen molar-refractivity contribution in [1.29, 1.82) is 5.26 Å². The Hall–Kier alpha value is -2.18. The molecule has 2 aromatic rings. The van der Waals surface area contributed by atoms with Crippen molar-refractivity contribution in [1.82, 2.24) is 4.90 Å². The Morgan fingerprint density at radius 2 is 1.74 bits per heavy atom. The smallest absolute Gasteiger partial charge is 0.129 e. The lowest BCUT2D eigenvalue weighted by molar-refractivity contribution is 0.278. The lowest BCUT2D eigenvalue weighted by Gasteiger charge is -2.23. The molecule has 0 radical (unpaired) electrons. The Morgan fingerprint density at radius 1 is 1.11 bits per heavy atom. The first-order valence-electron chi connectivity index (χ1n) is 6.10. The van der Waals surface area contributed by atoms with Crippen LogP contribution in [0.15, 0.2) is 54.6 Å². The van der Waals surface area contributed by atoms with Crippen LogP contribution in [0.2, 0.25) is 0 Å². The predicted octanol–water partition coefficient (Wildman–Crippen LogP) is 3.52. The van der Waals surface area contributed by atoms with E-state index in [4.69, 9.17) is 0 Å². The minimum Gasteiger partial charge on any atom is -0.283 e. The molecule has 0 saturated heterocycles. The number of nitrogens with zero attached hydrogens (tertiary/aromatic N) is 2. The van der Waals surface area contributed by atoms with Gasteiger partial charge in [0.2, 0.25) is 0 Å². The van der Waals surface area contributed by atoms with Gasteiger partial charge in [-0.2, -0.15) is 5.26 Å². The van der Waals surface area contributed by atoms with Gasteiger partial charge in [-0.15, -0.1) is 0 Å². The fourth-order valence-electron chi connectivity index (χ4n) is 2.07. The van der Waals surface area contributed by atoms with Gasteiger partial charge < -0.3 is 0 Å². The van der Waals surface area contributed by atoms with Gasteiger partial charge in [-0.05, 0) is 18.7 Å². The highest BCUT2D eigenvalue weighted by atomic mass is 19.1. The molecule has 0 spiro atoms. The normalized spacial score (nSPS) is 12.1. The summed E-state index contributed by atoms with van der Waals surface area (Å²) in [5.74, 6) is -0.339. The SMILES string of the molecule is CN(Cc1ccccc1)C(C#N)c1ccccc1F. The first kappa shape index (κ1) is 13.3. The van der Waals surface area contributed by atoms with Crippen molar-refractivity contribution in [2.24, 2.45) is 0 Å². The molecular formula is C16H15FN2. The number of rotatable bonds is 4. The number of benzene rings is 2. The Balaban J connectivity index is 2.19. The number of nitriles is 1. The van der Waals surface area contributed by atoms with Gasteiger partial charge in [0.15, 0.2) is 0 Å². The second-order valence-electron chi connectivity index (χ2n) is 4.45. The summed E-state index contributed by atoms with van der Waals surface area (Å²) >= 11 is 0. The second kappa shape index (κ2) is 6.12. The largest absolute Gasteiger partial charge is 0.283 e. The van der Waals surface area contributed by atoms with Gasteiger partial charge >= 0.3 is 0 Å². The molecule has 0 aliphatic heterocycles. The zero-order valence-electron chi connectivity index (χ0n) is 10.8. The number of halogens is 1. The fraction of sp³-hybridized carbons (Fsp3) is 0.188. The molecule has 2 rings (SSSR count). The van der Waals surface area contributed by atoms with Crippen LogP contribution in [0, 0.1) is 17.1 Å². The third-order valence-electron chi connectivity index (χ3n) is 3.04.